The van der Waals surface area contributed by atoms with Crippen molar-refractivity contribution in [1.29, 1.82) is 0 Å². The number of carbonyl (C=O) groups is 12. The van der Waals surface area contributed by atoms with Crippen molar-refractivity contribution in [2.75, 3.05) is 13.7 Å². The lowest BCUT2D eigenvalue weighted by molar-refractivity contribution is -0.175. The minimum absolute atomic E-state index is 0.428. The molecule has 11 N–H and O–H groups in total. The maximum atomic E-state index is 12.8. The van der Waals surface area contributed by atoms with Crippen LogP contribution in [0, 0.1) is 16.2 Å². The van der Waals surface area contributed by atoms with Gasteiger partial charge in [-0.1, -0.05) is 0 Å². The van der Waals surface area contributed by atoms with Gasteiger partial charge in [-0.05, 0) is 22.3 Å². The molecular weight excluding hydrogens is 665 g/mol. The molecule has 4 unspecified atom stereocenters. The van der Waals surface area contributed by atoms with E-state index in [-0.39, 0.29) is 0 Å². The topological polar surface area (TPSA) is 378 Å². The molecule has 23 nitrogen and oxygen atoms in total. The zero-order valence-corrected chi connectivity index (χ0v) is 25.1. The minimum atomic E-state index is -3.79. The second-order valence-corrected chi connectivity index (χ2v) is 9.93. The summed E-state index contributed by atoms with van der Waals surface area (Å²) in [5.41, 5.74) is -11.3. The van der Waals surface area contributed by atoms with Gasteiger partial charge < -0.3 is 56.3 Å². The van der Waals surface area contributed by atoms with Crippen molar-refractivity contribution in [3.05, 3.63) is 0 Å². The number of carbonyl (C=O) groups excluding carboxylic acids is 7. The Morgan fingerprint density at radius 1 is 0.455 bits per heavy atom. The first kappa shape index (κ1) is 39.1. The molecule has 242 valence electrons. The summed E-state index contributed by atoms with van der Waals surface area (Å²) in [5.74, 6) is -25.7. The van der Waals surface area contributed by atoms with E-state index in [1.54, 1.807) is 20.6 Å². The predicted molar refractivity (Wildman–Crippen MR) is 142 cm³/mol. The number of hydrogen-bond donors (Lipinski definition) is 11. The lowest BCUT2D eigenvalue weighted by atomic mass is 9.82. The Hall–Kier alpha value is -4.87. The van der Waals surface area contributed by atoms with Gasteiger partial charge in [-0.3, -0.25) is 38.4 Å². The third kappa shape index (κ3) is 6.85. The molecule has 44 heavy (non-hydrogen) atoms. The van der Waals surface area contributed by atoms with Gasteiger partial charge in [-0.2, -0.15) is 0 Å². The number of carboxylic acids is 5. The molecule has 0 aliphatic heterocycles. The maximum Gasteiger partial charge on any atom is 0.340 e. The number of carboxylic acid groups (broad SMARTS) is 5. The molecule has 0 heterocycles. The molecule has 4 atom stereocenters. The van der Waals surface area contributed by atoms with Crippen molar-refractivity contribution < 1.29 is 83.1 Å². The van der Waals surface area contributed by atoms with Crippen LogP contribution in [0.5, 0.6) is 0 Å². The first-order valence-electron chi connectivity index (χ1n) is 10.8. The molecule has 0 aromatic rings. The highest BCUT2D eigenvalue weighted by molar-refractivity contribution is 7.36. The van der Waals surface area contributed by atoms with Crippen molar-refractivity contribution in [1.82, 2.24) is 30.8 Å². The van der Waals surface area contributed by atoms with E-state index in [1.807, 2.05) is 5.09 Å². The van der Waals surface area contributed by atoms with Crippen LogP contribution in [0.2, 0.25) is 0 Å². The lowest BCUT2D eigenvalue weighted by Gasteiger charge is -2.26. The number of amides is 6. The van der Waals surface area contributed by atoms with E-state index in [9.17, 15) is 83.1 Å². The Morgan fingerprint density at radius 2 is 0.705 bits per heavy atom. The Morgan fingerprint density at radius 3 is 0.932 bits per heavy atom. The first-order valence-corrected chi connectivity index (χ1v) is 14.3. The first-order chi connectivity index (χ1) is 20.2. The molecule has 0 rings (SSSR count). The molecule has 0 aromatic carbocycles. The Bertz CT molecular complexity index is 1290. The van der Waals surface area contributed by atoms with Crippen molar-refractivity contribution >= 4 is 97.6 Å². The maximum absolute atomic E-state index is 12.8. The number of ketones is 1. The number of Topliss-reactive ketones (excluding diaryl/α,β-unsaturated/α-hetero) is 1. The normalized spacial score (nSPS) is 13.0. The standard InChI is InChI=1S/C18H23N6O17P3/c1-4(25)16(11(32)33,6(27)21-43-23-9(30)17(12(34)35,13(36)37)5(26)19-2)7(28)22-44-24-10(31)18(14(38)39,15(40)41)8(29)20-42-3/h42-44H,1-3H3,(H,19,26)(H,20,29)(H,21,27)(H,22,28)(H,23,30)(H,24,31)(H,32,33)(H,34,35)(H,36,37)(H,38,39)(H,40,41). The van der Waals surface area contributed by atoms with Crippen LogP contribution >= 0.6 is 26.5 Å². The third-order valence-corrected chi connectivity index (χ3v) is 7.23. The summed E-state index contributed by atoms with van der Waals surface area (Å²) >= 11 is 0. The monoisotopic (exact) mass is 688 g/mol. The second-order valence-electron chi connectivity index (χ2n) is 7.68. The second kappa shape index (κ2) is 15.6. The molecule has 0 bridgehead atoms. The summed E-state index contributed by atoms with van der Waals surface area (Å²) in [7, 11) is -3.10. The molecule has 26 heteroatoms. The predicted octanol–water partition coefficient (Wildman–Crippen LogP) is -5.48. The van der Waals surface area contributed by atoms with E-state index in [1.165, 1.54) is 11.8 Å². The highest BCUT2D eigenvalue weighted by Crippen LogP contribution is 2.27. The summed E-state index contributed by atoms with van der Waals surface area (Å²) < 4.78 is 0. The third-order valence-electron chi connectivity index (χ3n) is 5.35. The summed E-state index contributed by atoms with van der Waals surface area (Å²) in [5, 5.41) is 56.4. The summed E-state index contributed by atoms with van der Waals surface area (Å²) in [4.78, 5) is 145. The molecule has 0 radical (unpaired) electrons. The van der Waals surface area contributed by atoms with E-state index in [0.717, 1.165) is 7.05 Å². The van der Waals surface area contributed by atoms with Crippen molar-refractivity contribution in [2.24, 2.45) is 16.2 Å². The van der Waals surface area contributed by atoms with Gasteiger partial charge in [0.15, 0.2) is 5.78 Å². The van der Waals surface area contributed by atoms with Crippen LogP contribution < -0.4 is 30.8 Å². The molecule has 0 aromatic heterocycles. The largest absolute Gasteiger partial charge is 0.480 e. The Labute approximate surface area is 248 Å². The van der Waals surface area contributed by atoms with Gasteiger partial charge >= 0.3 is 40.7 Å². The van der Waals surface area contributed by atoms with Crippen LogP contribution in [0.4, 0.5) is 0 Å². The average molecular weight is 688 g/mol. The van der Waals surface area contributed by atoms with E-state index < -0.39 is 114 Å². The van der Waals surface area contributed by atoms with Crippen LogP contribution in [-0.2, 0) is 57.5 Å². The number of rotatable bonds is 17. The molecule has 0 saturated heterocycles. The number of aliphatic carboxylic acids is 5. The fourth-order valence-corrected chi connectivity index (χ4v) is 4.74. The molecule has 0 spiro atoms. The average Bonchev–Trinajstić information content (AvgIpc) is 2.88. The van der Waals surface area contributed by atoms with Gasteiger partial charge in [0.2, 0.25) is 0 Å². The molecule has 0 aliphatic carbocycles. The van der Waals surface area contributed by atoms with Gasteiger partial charge in [-0.25, -0.2) is 19.2 Å². The quantitative estimate of drug-likeness (QED) is 0.0501. The SMILES string of the molecule is CNC(=O)C(C(=O)O)(C(=O)O)C(=O)NPNC(=O)C(C(C)=O)(C(=O)O)C(=O)NPNC(=O)C(C(=O)O)(C(=O)O)C(=O)NPC. The summed E-state index contributed by atoms with van der Waals surface area (Å²) in [6.45, 7) is 1.71. The van der Waals surface area contributed by atoms with Crippen LogP contribution in [0.1, 0.15) is 6.92 Å². The zero-order valence-electron chi connectivity index (χ0n) is 22.1. The molecular formula is C18H23N6O17P3. The van der Waals surface area contributed by atoms with Gasteiger partial charge in [0.1, 0.15) is 0 Å². The van der Waals surface area contributed by atoms with E-state index >= 15 is 0 Å². The molecule has 0 saturated carbocycles. The van der Waals surface area contributed by atoms with E-state index in [0.29, 0.717) is 6.92 Å². The Balaban J connectivity index is 6.09. The zero-order chi connectivity index (χ0) is 34.8. The number of nitrogens with one attached hydrogen (secondary N) is 6. The summed E-state index contributed by atoms with van der Waals surface area (Å²) in [6, 6.07) is 0. The van der Waals surface area contributed by atoms with Gasteiger partial charge in [0.25, 0.3) is 40.9 Å². The van der Waals surface area contributed by atoms with Crippen molar-refractivity contribution in [3.63, 3.8) is 0 Å². The van der Waals surface area contributed by atoms with Crippen molar-refractivity contribution in [3.8, 4) is 0 Å². The van der Waals surface area contributed by atoms with Crippen LogP contribution in [-0.4, -0.2) is 110 Å². The lowest BCUT2D eigenvalue weighted by Crippen LogP contribution is -2.60. The number of hydrogen-bond acceptors (Lipinski definition) is 12. The van der Waals surface area contributed by atoms with Crippen molar-refractivity contribution in [2.45, 2.75) is 6.92 Å². The highest BCUT2D eigenvalue weighted by atomic mass is 31.1. The minimum Gasteiger partial charge on any atom is -0.480 e. The Kier molecular flexibility index (Phi) is 13.8. The van der Waals surface area contributed by atoms with Gasteiger partial charge in [0.05, 0.1) is 17.8 Å². The van der Waals surface area contributed by atoms with Gasteiger partial charge in [-0.15, -0.1) is 0 Å². The fraction of sp³-hybridized carbons (Fsp3) is 0.333. The fourth-order valence-electron chi connectivity index (χ4n) is 2.99. The van der Waals surface area contributed by atoms with Gasteiger partial charge in [0, 0.05) is 7.05 Å². The van der Waals surface area contributed by atoms with Crippen LogP contribution in [0.25, 0.3) is 0 Å². The van der Waals surface area contributed by atoms with Crippen LogP contribution in [0.3, 0.4) is 0 Å². The molecule has 0 fully saturated rings. The molecule has 6 amide bonds. The van der Waals surface area contributed by atoms with E-state index in [2.05, 4.69) is 0 Å². The van der Waals surface area contributed by atoms with E-state index in [4.69, 9.17) is 0 Å². The van der Waals surface area contributed by atoms with Crippen LogP contribution in [0.15, 0.2) is 0 Å². The smallest absolute Gasteiger partial charge is 0.340 e. The molecule has 0 aliphatic rings. The summed E-state index contributed by atoms with van der Waals surface area (Å²) in [6.07, 6.45) is 0. The highest BCUT2D eigenvalue weighted by Gasteiger charge is 2.62.